The summed E-state index contributed by atoms with van der Waals surface area (Å²) in [5.41, 5.74) is 4.15. The highest BCUT2D eigenvalue weighted by molar-refractivity contribution is 14.0. The average molecular weight is 532 g/mol. The fraction of sp³-hybridized carbons (Fsp3) is 0.261. The number of hydrogen-bond acceptors (Lipinski definition) is 3. The van der Waals surface area contributed by atoms with Gasteiger partial charge in [-0.25, -0.2) is 9.67 Å². The zero-order valence-corrected chi connectivity index (χ0v) is 20.4. The molecule has 2 N–H and O–H groups in total. The maximum Gasteiger partial charge on any atom is 0.241 e. The van der Waals surface area contributed by atoms with Crippen LogP contribution in [0.1, 0.15) is 16.8 Å². The van der Waals surface area contributed by atoms with Gasteiger partial charge >= 0.3 is 0 Å². The number of guanidine groups is 1. The first-order valence-electron chi connectivity index (χ1n) is 9.90. The molecule has 8 heteroatoms. The van der Waals surface area contributed by atoms with Crippen LogP contribution in [-0.4, -0.2) is 47.2 Å². The third-order valence-electron chi connectivity index (χ3n) is 4.58. The van der Waals surface area contributed by atoms with E-state index in [4.69, 9.17) is 0 Å². The second kappa shape index (κ2) is 12.1. The number of halogens is 1. The first kappa shape index (κ1) is 24.4. The number of nitrogens with one attached hydrogen (secondary N) is 2. The van der Waals surface area contributed by atoms with E-state index in [1.807, 2.05) is 72.4 Å². The Bertz CT molecular complexity index is 1000. The van der Waals surface area contributed by atoms with E-state index < -0.39 is 0 Å². The molecule has 164 valence electrons. The number of carbonyl (C=O) groups is 1. The second-order valence-electron chi connectivity index (χ2n) is 7.18. The molecule has 3 rings (SSSR count). The molecule has 7 nitrogen and oxygen atoms in total. The molecule has 0 aliphatic rings. The highest BCUT2D eigenvalue weighted by atomic mass is 127. The Morgan fingerprint density at radius 1 is 1.03 bits per heavy atom. The molecule has 0 saturated heterocycles. The molecular weight excluding hydrogens is 503 g/mol. The van der Waals surface area contributed by atoms with Gasteiger partial charge in [0.25, 0.3) is 0 Å². The van der Waals surface area contributed by atoms with Crippen molar-refractivity contribution in [2.24, 2.45) is 4.99 Å². The van der Waals surface area contributed by atoms with Crippen molar-refractivity contribution in [1.82, 2.24) is 25.3 Å². The topological polar surface area (TPSA) is 74.6 Å². The van der Waals surface area contributed by atoms with Crippen molar-refractivity contribution >= 4 is 35.8 Å². The van der Waals surface area contributed by atoms with Gasteiger partial charge in [-0.3, -0.25) is 4.79 Å². The summed E-state index contributed by atoms with van der Waals surface area (Å²) in [4.78, 5) is 18.2. The molecule has 0 atom stereocenters. The van der Waals surface area contributed by atoms with Crippen molar-refractivity contribution in [2.75, 3.05) is 20.6 Å². The summed E-state index contributed by atoms with van der Waals surface area (Å²) in [6, 6.07) is 20.1. The summed E-state index contributed by atoms with van der Waals surface area (Å²) in [6.07, 6.45) is 1.95. The number of aromatic nitrogens is 2. The molecule has 0 aliphatic heterocycles. The number of aliphatic imine (C=N–C) groups is 1. The summed E-state index contributed by atoms with van der Waals surface area (Å²) in [5, 5.41) is 11.0. The zero-order chi connectivity index (χ0) is 21.3. The molecule has 1 amide bonds. The Kier molecular flexibility index (Phi) is 9.51. The lowest BCUT2D eigenvalue weighted by Gasteiger charge is -2.16. The van der Waals surface area contributed by atoms with E-state index in [-0.39, 0.29) is 36.4 Å². The minimum Gasteiger partial charge on any atom is -0.352 e. The van der Waals surface area contributed by atoms with Crippen molar-refractivity contribution in [3.05, 3.63) is 83.7 Å². The lowest BCUT2D eigenvalue weighted by atomic mass is 10.2. The quantitative estimate of drug-likeness (QED) is 0.279. The Labute approximate surface area is 200 Å². The van der Waals surface area contributed by atoms with E-state index in [2.05, 4.69) is 26.8 Å². The van der Waals surface area contributed by atoms with E-state index in [0.717, 1.165) is 22.5 Å². The van der Waals surface area contributed by atoms with Gasteiger partial charge in [-0.2, -0.15) is 5.10 Å². The third kappa shape index (κ3) is 7.39. The van der Waals surface area contributed by atoms with Crippen molar-refractivity contribution in [3.63, 3.8) is 0 Å². The number of amides is 1. The third-order valence-corrected chi connectivity index (χ3v) is 4.58. The number of hydrogen-bond donors (Lipinski definition) is 2. The molecule has 0 unspecified atom stereocenters. The van der Waals surface area contributed by atoms with Gasteiger partial charge in [-0.05, 0) is 30.2 Å². The smallest absolute Gasteiger partial charge is 0.241 e. The van der Waals surface area contributed by atoms with Gasteiger partial charge in [-0.1, -0.05) is 48.5 Å². The Balaban J connectivity index is 0.00000341. The standard InChI is InChI=1S/C23H28N6O.HI/c1-18-13-14-29(27-18)21-12-8-7-11-20(21)16-25-23(26-17-22(30)28(2)3)24-15-19-9-5-4-6-10-19;/h4-14H,15-17H2,1-3H3,(H2,24,25,26);1H. The van der Waals surface area contributed by atoms with Gasteiger partial charge in [0.2, 0.25) is 5.91 Å². The largest absolute Gasteiger partial charge is 0.352 e. The number of nitrogens with zero attached hydrogens (tertiary/aromatic N) is 4. The fourth-order valence-corrected chi connectivity index (χ4v) is 2.86. The van der Waals surface area contributed by atoms with Crippen LogP contribution in [0.4, 0.5) is 0 Å². The lowest BCUT2D eigenvalue weighted by Crippen LogP contribution is -2.42. The molecule has 0 fully saturated rings. The van der Waals surface area contributed by atoms with Crippen LogP contribution in [0.3, 0.4) is 0 Å². The maximum absolute atomic E-state index is 12.0. The van der Waals surface area contributed by atoms with Crippen molar-refractivity contribution < 1.29 is 4.79 Å². The van der Waals surface area contributed by atoms with Gasteiger partial charge < -0.3 is 15.5 Å². The molecule has 0 aliphatic carbocycles. The first-order chi connectivity index (χ1) is 14.5. The van der Waals surface area contributed by atoms with Gasteiger partial charge in [0.15, 0.2) is 5.96 Å². The average Bonchev–Trinajstić information content (AvgIpc) is 3.20. The van der Waals surface area contributed by atoms with Crippen molar-refractivity contribution in [2.45, 2.75) is 20.0 Å². The van der Waals surface area contributed by atoms with Gasteiger partial charge in [0.1, 0.15) is 0 Å². The van der Waals surface area contributed by atoms with Crippen molar-refractivity contribution in [1.29, 1.82) is 0 Å². The molecule has 0 radical (unpaired) electrons. The lowest BCUT2D eigenvalue weighted by molar-refractivity contribution is -0.127. The first-order valence-corrected chi connectivity index (χ1v) is 9.90. The Morgan fingerprint density at radius 2 is 1.74 bits per heavy atom. The van der Waals surface area contributed by atoms with E-state index in [1.165, 1.54) is 0 Å². The number of benzene rings is 2. The highest BCUT2D eigenvalue weighted by Gasteiger charge is 2.09. The number of aryl methyl sites for hydroxylation is 1. The van der Waals surface area contributed by atoms with Crippen LogP contribution in [0.2, 0.25) is 0 Å². The monoisotopic (exact) mass is 532 g/mol. The van der Waals surface area contributed by atoms with Gasteiger partial charge in [-0.15, -0.1) is 24.0 Å². The summed E-state index contributed by atoms with van der Waals surface area (Å²) in [5.74, 6) is 0.567. The fourth-order valence-electron chi connectivity index (χ4n) is 2.86. The van der Waals surface area contributed by atoms with E-state index in [9.17, 15) is 4.79 Å². The van der Waals surface area contributed by atoms with Crippen LogP contribution in [0, 0.1) is 6.92 Å². The molecule has 0 spiro atoms. The molecule has 0 saturated carbocycles. The highest BCUT2D eigenvalue weighted by Crippen LogP contribution is 2.14. The summed E-state index contributed by atoms with van der Waals surface area (Å²) in [6.45, 7) is 3.21. The van der Waals surface area contributed by atoms with Crippen LogP contribution in [0.15, 0.2) is 71.9 Å². The zero-order valence-electron chi connectivity index (χ0n) is 18.1. The molecule has 2 aromatic carbocycles. The van der Waals surface area contributed by atoms with E-state index in [1.54, 1.807) is 19.0 Å². The van der Waals surface area contributed by atoms with Crippen LogP contribution >= 0.6 is 24.0 Å². The minimum atomic E-state index is -0.0170. The van der Waals surface area contributed by atoms with E-state index in [0.29, 0.717) is 19.0 Å². The molecule has 1 aromatic heterocycles. The summed E-state index contributed by atoms with van der Waals surface area (Å²) >= 11 is 0. The van der Waals surface area contributed by atoms with Crippen LogP contribution < -0.4 is 10.6 Å². The van der Waals surface area contributed by atoms with E-state index >= 15 is 0 Å². The van der Waals surface area contributed by atoms with Crippen LogP contribution in [0.5, 0.6) is 0 Å². The molecule has 1 heterocycles. The Hall–Kier alpha value is -2.88. The number of likely N-dealkylation sites (N-methyl/N-ethyl adjacent to an activating group) is 1. The summed E-state index contributed by atoms with van der Waals surface area (Å²) in [7, 11) is 3.47. The number of rotatable bonds is 7. The molecule has 3 aromatic rings. The SMILES string of the molecule is Cc1ccn(-c2ccccc2CNC(=NCc2ccccc2)NCC(=O)N(C)C)n1.I. The normalized spacial score (nSPS) is 10.9. The van der Waals surface area contributed by atoms with Gasteiger partial charge in [0.05, 0.1) is 24.5 Å². The number of carbonyl (C=O) groups excluding carboxylic acids is 1. The Morgan fingerprint density at radius 3 is 2.42 bits per heavy atom. The van der Waals surface area contributed by atoms with Crippen molar-refractivity contribution in [3.8, 4) is 5.69 Å². The maximum atomic E-state index is 12.0. The predicted octanol–water partition coefficient (Wildman–Crippen LogP) is 3.12. The molecule has 0 bridgehead atoms. The molecular formula is C23H29IN6O. The molecule has 31 heavy (non-hydrogen) atoms. The van der Waals surface area contributed by atoms with Crippen LogP contribution in [0.25, 0.3) is 5.69 Å². The predicted molar refractivity (Wildman–Crippen MR) is 135 cm³/mol. The van der Waals surface area contributed by atoms with Crippen LogP contribution in [-0.2, 0) is 17.9 Å². The summed E-state index contributed by atoms with van der Waals surface area (Å²) < 4.78 is 1.87. The number of para-hydroxylation sites is 1. The minimum absolute atomic E-state index is 0. The second-order valence-corrected chi connectivity index (χ2v) is 7.18. The van der Waals surface area contributed by atoms with Gasteiger partial charge in [0, 0.05) is 26.8 Å².